The fraction of sp³-hybridized carbons (Fsp3) is 0.235. The number of nitrogens with zero attached hydrogens (tertiary/aromatic N) is 1. The predicted molar refractivity (Wildman–Crippen MR) is 89.6 cm³/mol. The first-order valence-electron chi connectivity index (χ1n) is 7.21. The summed E-state index contributed by atoms with van der Waals surface area (Å²) in [5, 5.41) is 9.03. The molecule has 24 heavy (non-hydrogen) atoms. The zero-order valence-corrected chi connectivity index (χ0v) is 14.3. The van der Waals surface area contributed by atoms with Crippen LogP contribution in [0.1, 0.15) is 11.1 Å². The van der Waals surface area contributed by atoms with E-state index in [0.717, 1.165) is 5.56 Å². The lowest BCUT2D eigenvalue weighted by Gasteiger charge is -2.11. The number of methoxy groups -OCH3 is 2. The molecule has 2 rings (SSSR count). The van der Waals surface area contributed by atoms with Gasteiger partial charge in [0.05, 0.1) is 24.7 Å². The van der Waals surface area contributed by atoms with Crippen LogP contribution in [0.5, 0.6) is 11.5 Å². The molecule has 1 N–H and O–H groups in total. The summed E-state index contributed by atoms with van der Waals surface area (Å²) in [6.07, 6.45) is 0.446. The maximum absolute atomic E-state index is 12.3. The van der Waals surface area contributed by atoms with Crippen LogP contribution in [0, 0.1) is 11.3 Å². The van der Waals surface area contributed by atoms with E-state index >= 15 is 0 Å². The van der Waals surface area contributed by atoms with Gasteiger partial charge >= 0.3 is 0 Å². The van der Waals surface area contributed by atoms with Crippen molar-refractivity contribution in [2.45, 2.75) is 11.3 Å². The number of ether oxygens (including phenoxy) is 2. The van der Waals surface area contributed by atoms with Gasteiger partial charge in [-0.3, -0.25) is 0 Å². The molecule has 0 radical (unpaired) electrons. The zero-order chi connectivity index (χ0) is 17.6. The monoisotopic (exact) mass is 346 g/mol. The highest BCUT2D eigenvalue weighted by Crippen LogP contribution is 2.24. The Morgan fingerprint density at radius 1 is 1.12 bits per heavy atom. The number of nitriles is 1. The molecule has 0 aliphatic rings. The summed E-state index contributed by atoms with van der Waals surface area (Å²) in [5.74, 6) is 1.30. The lowest BCUT2D eigenvalue weighted by molar-refractivity contribution is 0.391. The Morgan fingerprint density at radius 2 is 1.88 bits per heavy atom. The topological polar surface area (TPSA) is 88.4 Å². The van der Waals surface area contributed by atoms with Crippen LogP contribution in [0.25, 0.3) is 0 Å². The van der Waals surface area contributed by atoms with E-state index < -0.39 is 10.0 Å². The van der Waals surface area contributed by atoms with Gasteiger partial charge in [-0.2, -0.15) is 5.26 Å². The standard InChI is InChI=1S/C17H18N2O4S/c1-22-15-8-7-13(16(11-15)23-2)9-10-19-24(20,21)17-6-4-3-5-14(17)12-18/h3-8,11,19H,9-10H2,1-2H3. The normalized spacial score (nSPS) is 10.9. The smallest absolute Gasteiger partial charge is 0.241 e. The molecular weight excluding hydrogens is 328 g/mol. The number of hydrogen-bond donors (Lipinski definition) is 1. The van der Waals surface area contributed by atoms with Gasteiger partial charge in [-0.25, -0.2) is 13.1 Å². The summed E-state index contributed by atoms with van der Waals surface area (Å²) < 4.78 is 37.6. The Balaban J connectivity index is 2.10. The molecule has 0 fully saturated rings. The van der Waals surface area contributed by atoms with Crippen LogP contribution >= 0.6 is 0 Å². The molecule has 0 saturated heterocycles. The van der Waals surface area contributed by atoms with E-state index in [0.29, 0.717) is 17.9 Å². The Morgan fingerprint density at radius 3 is 2.54 bits per heavy atom. The van der Waals surface area contributed by atoms with Crippen molar-refractivity contribution in [2.24, 2.45) is 0 Å². The summed E-state index contributed by atoms with van der Waals surface area (Å²) in [4.78, 5) is -0.0193. The molecule has 0 saturated carbocycles. The molecule has 7 heteroatoms. The Hall–Kier alpha value is -2.56. The van der Waals surface area contributed by atoms with Crippen LogP contribution in [0.2, 0.25) is 0 Å². The predicted octanol–water partition coefficient (Wildman–Crippen LogP) is 2.10. The van der Waals surface area contributed by atoms with Crippen molar-refractivity contribution in [3.63, 3.8) is 0 Å². The van der Waals surface area contributed by atoms with Gasteiger partial charge < -0.3 is 9.47 Å². The van der Waals surface area contributed by atoms with Gasteiger partial charge in [-0.15, -0.1) is 0 Å². The van der Waals surface area contributed by atoms with Gasteiger partial charge in [-0.05, 0) is 30.2 Å². The highest BCUT2D eigenvalue weighted by molar-refractivity contribution is 7.89. The van der Waals surface area contributed by atoms with Crippen molar-refractivity contribution in [1.82, 2.24) is 4.72 Å². The van der Waals surface area contributed by atoms with Crippen molar-refractivity contribution >= 4 is 10.0 Å². The van der Waals surface area contributed by atoms with Gasteiger partial charge in [0.25, 0.3) is 0 Å². The third-order valence-electron chi connectivity index (χ3n) is 3.48. The number of sulfonamides is 1. The molecule has 2 aromatic carbocycles. The van der Waals surface area contributed by atoms with Crippen LogP contribution in [0.3, 0.4) is 0 Å². The summed E-state index contributed by atoms with van der Waals surface area (Å²) in [5.41, 5.74) is 0.974. The molecule has 6 nitrogen and oxygen atoms in total. The van der Waals surface area contributed by atoms with Crippen LogP contribution < -0.4 is 14.2 Å². The molecule has 126 valence electrons. The molecule has 0 aromatic heterocycles. The SMILES string of the molecule is COc1ccc(CCNS(=O)(=O)c2ccccc2C#N)c(OC)c1. The van der Waals surface area contributed by atoms with Crippen LogP contribution in [0.4, 0.5) is 0 Å². The summed E-state index contributed by atoms with van der Waals surface area (Å²) in [7, 11) is -0.632. The van der Waals surface area contributed by atoms with E-state index in [4.69, 9.17) is 14.7 Å². The maximum atomic E-state index is 12.3. The van der Waals surface area contributed by atoms with Gasteiger partial charge in [0, 0.05) is 12.6 Å². The van der Waals surface area contributed by atoms with Crippen molar-refractivity contribution < 1.29 is 17.9 Å². The molecular formula is C17H18N2O4S. The van der Waals surface area contributed by atoms with E-state index in [-0.39, 0.29) is 17.0 Å². The van der Waals surface area contributed by atoms with Crippen molar-refractivity contribution in [3.05, 3.63) is 53.6 Å². The largest absolute Gasteiger partial charge is 0.497 e. The second kappa shape index (κ2) is 7.81. The number of hydrogen-bond acceptors (Lipinski definition) is 5. The number of nitrogens with one attached hydrogen (secondary N) is 1. The molecule has 0 unspecified atom stereocenters. The van der Waals surface area contributed by atoms with E-state index in [1.165, 1.54) is 12.1 Å². The fourth-order valence-corrected chi connectivity index (χ4v) is 3.44. The maximum Gasteiger partial charge on any atom is 0.241 e. The van der Waals surface area contributed by atoms with Gasteiger partial charge in [0.2, 0.25) is 10.0 Å². The van der Waals surface area contributed by atoms with Crippen LogP contribution in [0.15, 0.2) is 47.4 Å². The molecule has 2 aromatic rings. The minimum absolute atomic E-state index is 0.0193. The summed E-state index contributed by atoms with van der Waals surface area (Å²) in [6.45, 7) is 0.185. The number of rotatable bonds is 7. The van der Waals surface area contributed by atoms with Crippen molar-refractivity contribution in [3.8, 4) is 17.6 Å². The van der Waals surface area contributed by atoms with E-state index in [1.54, 1.807) is 38.5 Å². The summed E-state index contributed by atoms with van der Waals surface area (Å²) >= 11 is 0. The minimum atomic E-state index is -3.74. The first kappa shape index (κ1) is 17.8. The number of benzene rings is 2. The van der Waals surface area contributed by atoms with Gasteiger partial charge in [0.1, 0.15) is 17.6 Å². The van der Waals surface area contributed by atoms with E-state index in [9.17, 15) is 8.42 Å². The average molecular weight is 346 g/mol. The van der Waals surface area contributed by atoms with Crippen molar-refractivity contribution in [1.29, 1.82) is 5.26 Å². The fourth-order valence-electron chi connectivity index (χ4n) is 2.25. The zero-order valence-electron chi connectivity index (χ0n) is 13.4. The highest BCUT2D eigenvalue weighted by Gasteiger charge is 2.17. The first-order valence-corrected chi connectivity index (χ1v) is 8.70. The molecule has 0 aliphatic heterocycles. The Bertz CT molecular complexity index is 857. The molecule has 0 spiro atoms. The molecule has 0 amide bonds. The molecule has 0 atom stereocenters. The Labute approximate surface area is 141 Å². The summed E-state index contributed by atoms with van der Waals surface area (Å²) in [6, 6.07) is 13.3. The average Bonchev–Trinajstić information content (AvgIpc) is 2.61. The lowest BCUT2D eigenvalue weighted by atomic mass is 10.1. The Kier molecular flexibility index (Phi) is 5.79. The second-order valence-electron chi connectivity index (χ2n) is 4.93. The minimum Gasteiger partial charge on any atom is -0.497 e. The van der Waals surface area contributed by atoms with Crippen molar-refractivity contribution in [2.75, 3.05) is 20.8 Å². The molecule has 0 aliphatic carbocycles. The van der Waals surface area contributed by atoms with E-state index in [2.05, 4.69) is 4.72 Å². The third-order valence-corrected chi connectivity index (χ3v) is 5.00. The third kappa shape index (κ3) is 4.04. The molecule has 0 heterocycles. The van der Waals surface area contributed by atoms with Crippen LogP contribution in [-0.4, -0.2) is 29.2 Å². The van der Waals surface area contributed by atoms with Gasteiger partial charge in [-0.1, -0.05) is 18.2 Å². The second-order valence-corrected chi connectivity index (χ2v) is 6.67. The highest BCUT2D eigenvalue weighted by atomic mass is 32.2. The first-order chi connectivity index (χ1) is 11.5. The van der Waals surface area contributed by atoms with Gasteiger partial charge in [0.15, 0.2) is 0 Å². The lowest BCUT2D eigenvalue weighted by Crippen LogP contribution is -2.26. The van der Waals surface area contributed by atoms with Crippen LogP contribution in [-0.2, 0) is 16.4 Å². The quantitative estimate of drug-likeness (QED) is 0.829. The molecule has 0 bridgehead atoms. The van der Waals surface area contributed by atoms with E-state index in [1.807, 2.05) is 12.1 Å².